The van der Waals surface area contributed by atoms with Crippen molar-refractivity contribution in [1.29, 1.82) is 0 Å². The van der Waals surface area contributed by atoms with Gasteiger partial charge in [-0.15, -0.1) is 0 Å². The number of nitrogens with zero attached hydrogens (tertiary/aromatic N) is 1. The standard InChI is InChI=1S/C23H24N2O/c26-23(22-14-6-11-19-10-4-5-13-21(19)22)24-20-12-7-15-25(17-20)16-18-8-2-1-3-9-18/h1-6,8-11,13-14,20H,7,12,15-17H2,(H,24,26)/t20-/m0/s1. The van der Waals surface area contributed by atoms with Crippen LogP contribution in [0.15, 0.2) is 72.8 Å². The lowest BCUT2D eigenvalue weighted by molar-refractivity contribution is 0.0902. The van der Waals surface area contributed by atoms with Crippen molar-refractivity contribution < 1.29 is 4.79 Å². The fraction of sp³-hybridized carbons (Fsp3) is 0.261. The molecule has 0 saturated carbocycles. The molecule has 1 aliphatic heterocycles. The molecule has 0 bridgehead atoms. The van der Waals surface area contributed by atoms with Crippen molar-refractivity contribution in [2.24, 2.45) is 0 Å². The van der Waals surface area contributed by atoms with Crippen molar-refractivity contribution in [3.05, 3.63) is 83.9 Å². The molecule has 132 valence electrons. The van der Waals surface area contributed by atoms with E-state index >= 15 is 0 Å². The fourth-order valence-electron chi connectivity index (χ4n) is 3.85. The third-order valence-electron chi connectivity index (χ3n) is 5.12. The van der Waals surface area contributed by atoms with E-state index < -0.39 is 0 Å². The number of benzene rings is 3. The number of carbonyl (C=O) groups excluding carboxylic acids is 1. The van der Waals surface area contributed by atoms with E-state index in [9.17, 15) is 4.79 Å². The summed E-state index contributed by atoms with van der Waals surface area (Å²) >= 11 is 0. The van der Waals surface area contributed by atoms with Gasteiger partial charge in [0.2, 0.25) is 0 Å². The zero-order valence-corrected chi connectivity index (χ0v) is 14.9. The second-order valence-electron chi connectivity index (χ2n) is 7.06. The van der Waals surface area contributed by atoms with Crippen molar-refractivity contribution in [2.75, 3.05) is 13.1 Å². The lowest BCUT2D eigenvalue weighted by Gasteiger charge is -2.33. The molecule has 1 saturated heterocycles. The zero-order valence-electron chi connectivity index (χ0n) is 14.9. The number of carbonyl (C=O) groups is 1. The maximum Gasteiger partial charge on any atom is 0.252 e. The molecular formula is C23H24N2O. The van der Waals surface area contributed by atoms with Gasteiger partial charge in [-0.25, -0.2) is 0 Å². The van der Waals surface area contributed by atoms with Crippen molar-refractivity contribution in [3.8, 4) is 0 Å². The highest BCUT2D eigenvalue weighted by Gasteiger charge is 2.22. The van der Waals surface area contributed by atoms with E-state index in [-0.39, 0.29) is 11.9 Å². The fourth-order valence-corrected chi connectivity index (χ4v) is 3.85. The van der Waals surface area contributed by atoms with E-state index in [0.717, 1.165) is 48.8 Å². The van der Waals surface area contributed by atoms with Crippen molar-refractivity contribution in [1.82, 2.24) is 10.2 Å². The number of amides is 1. The van der Waals surface area contributed by atoms with Crippen LogP contribution in [0.2, 0.25) is 0 Å². The van der Waals surface area contributed by atoms with Crippen LogP contribution in [0.4, 0.5) is 0 Å². The molecule has 1 atom stereocenters. The molecule has 0 unspecified atom stereocenters. The summed E-state index contributed by atoms with van der Waals surface area (Å²) in [6.07, 6.45) is 2.16. The highest BCUT2D eigenvalue weighted by atomic mass is 16.1. The molecule has 0 spiro atoms. The Balaban J connectivity index is 1.44. The second kappa shape index (κ2) is 7.71. The Bertz CT molecular complexity index is 886. The van der Waals surface area contributed by atoms with Crippen molar-refractivity contribution >= 4 is 16.7 Å². The summed E-state index contributed by atoms with van der Waals surface area (Å²) in [6, 6.07) is 24.7. The maximum atomic E-state index is 12.9. The van der Waals surface area contributed by atoms with Gasteiger partial charge >= 0.3 is 0 Å². The van der Waals surface area contributed by atoms with Gasteiger partial charge in [-0.2, -0.15) is 0 Å². The van der Waals surface area contributed by atoms with Crippen LogP contribution in [0.5, 0.6) is 0 Å². The molecule has 1 N–H and O–H groups in total. The molecule has 0 aliphatic carbocycles. The van der Waals surface area contributed by atoms with Gasteiger partial charge in [0.05, 0.1) is 0 Å². The summed E-state index contributed by atoms with van der Waals surface area (Å²) in [4.78, 5) is 15.3. The van der Waals surface area contributed by atoms with Crippen LogP contribution in [-0.4, -0.2) is 29.9 Å². The minimum absolute atomic E-state index is 0.0355. The molecule has 3 aromatic carbocycles. The number of rotatable bonds is 4. The SMILES string of the molecule is O=C(N[C@H]1CCCN(Cc2ccccc2)C1)c1cccc2ccccc12. The Morgan fingerprint density at radius 2 is 1.73 bits per heavy atom. The van der Waals surface area contributed by atoms with Crippen LogP contribution in [-0.2, 0) is 6.54 Å². The molecule has 1 fully saturated rings. The Morgan fingerprint density at radius 3 is 2.62 bits per heavy atom. The third-order valence-corrected chi connectivity index (χ3v) is 5.12. The van der Waals surface area contributed by atoms with E-state index in [0.29, 0.717) is 0 Å². The van der Waals surface area contributed by atoms with Gasteiger partial charge in [0, 0.05) is 24.7 Å². The van der Waals surface area contributed by atoms with Crippen LogP contribution in [0, 0.1) is 0 Å². The summed E-state index contributed by atoms with van der Waals surface area (Å²) in [7, 11) is 0. The van der Waals surface area contributed by atoms with Gasteiger partial charge in [0.15, 0.2) is 0 Å². The quantitative estimate of drug-likeness (QED) is 0.768. The van der Waals surface area contributed by atoms with Crippen LogP contribution < -0.4 is 5.32 Å². The first kappa shape index (κ1) is 16.8. The summed E-state index contributed by atoms with van der Waals surface area (Å²) in [5, 5.41) is 5.39. The first-order valence-electron chi connectivity index (χ1n) is 9.34. The first-order chi connectivity index (χ1) is 12.8. The molecule has 1 amide bonds. The van der Waals surface area contributed by atoms with Crippen LogP contribution in [0.25, 0.3) is 10.8 Å². The summed E-state index contributed by atoms with van der Waals surface area (Å²) in [5.41, 5.74) is 2.09. The molecule has 1 aliphatic rings. The van der Waals surface area contributed by atoms with Crippen molar-refractivity contribution in [3.63, 3.8) is 0 Å². The number of hydrogen-bond acceptors (Lipinski definition) is 2. The molecule has 3 nitrogen and oxygen atoms in total. The first-order valence-corrected chi connectivity index (χ1v) is 9.34. The Morgan fingerprint density at radius 1 is 0.962 bits per heavy atom. The zero-order chi connectivity index (χ0) is 17.8. The van der Waals surface area contributed by atoms with E-state index in [2.05, 4.69) is 34.5 Å². The van der Waals surface area contributed by atoms with Gasteiger partial charge < -0.3 is 5.32 Å². The monoisotopic (exact) mass is 344 g/mol. The second-order valence-corrected chi connectivity index (χ2v) is 7.06. The van der Waals surface area contributed by atoms with E-state index in [1.807, 2.05) is 48.5 Å². The molecular weight excluding hydrogens is 320 g/mol. The normalized spacial score (nSPS) is 17.9. The highest BCUT2D eigenvalue weighted by molar-refractivity contribution is 6.07. The van der Waals surface area contributed by atoms with Crippen LogP contribution >= 0.6 is 0 Å². The molecule has 1 heterocycles. The lowest BCUT2D eigenvalue weighted by atomic mass is 10.0. The average molecular weight is 344 g/mol. The molecule has 4 rings (SSSR count). The minimum Gasteiger partial charge on any atom is -0.348 e. The molecule has 3 aromatic rings. The Labute approximate surface area is 154 Å². The Kier molecular flexibility index (Phi) is 4.98. The molecule has 0 radical (unpaired) electrons. The van der Waals surface area contributed by atoms with Crippen LogP contribution in [0.3, 0.4) is 0 Å². The Hall–Kier alpha value is -2.65. The van der Waals surface area contributed by atoms with Crippen LogP contribution in [0.1, 0.15) is 28.8 Å². The minimum atomic E-state index is 0.0355. The number of piperidine rings is 1. The maximum absolute atomic E-state index is 12.9. The smallest absolute Gasteiger partial charge is 0.252 e. The topological polar surface area (TPSA) is 32.3 Å². The largest absolute Gasteiger partial charge is 0.348 e. The van der Waals surface area contributed by atoms with Gasteiger partial charge in [0.25, 0.3) is 5.91 Å². The van der Waals surface area contributed by atoms with E-state index in [1.165, 1.54) is 5.56 Å². The number of fused-ring (bicyclic) bond motifs is 1. The van der Waals surface area contributed by atoms with Crippen molar-refractivity contribution in [2.45, 2.75) is 25.4 Å². The van der Waals surface area contributed by atoms with Gasteiger partial charge in [-0.3, -0.25) is 9.69 Å². The molecule has 3 heteroatoms. The number of hydrogen-bond donors (Lipinski definition) is 1. The summed E-state index contributed by atoms with van der Waals surface area (Å²) in [6.45, 7) is 2.95. The molecule has 26 heavy (non-hydrogen) atoms. The highest BCUT2D eigenvalue weighted by Crippen LogP contribution is 2.19. The predicted molar refractivity (Wildman–Crippen MR) is 106 cm³/mol. The van der Waals surface area contributed by atoms with Gasteiger partial charge in [-0.1, -0.05) is 66.7 Å². The number of nitrogens with one attached hydrogen (secondary N) is 1. The lowest BCUT2D eigenvalue weighted by Crippen LogP contribution is -2.47. The third kappa shape index (κ3) is 3.78. The summed E-state index contributed by atoms with van der Waals surface area (Å²) < 4.78 is 0. The number of likely N-dealkylation sites (tertiary alicyclic amines) is 1. The summed E-state index contributed by atoms with van der Waals surface area (Å²) in [5.74, 6) is 0.0355. The average Bonchev–Trinajstić information content (AvgIpc) is 2.68. The van der Waals surface area contributed by atoms with Gasteiger partial charge in [-0.05, 0) is 41.8 Å². The van der Waals surface area contributed by atoms with E-state index in [4.69, 9.17) is 0 Å². The molecule has 0 aromatic heterocycles. The predicted octanol–water partition coefficient (Wildman–Crippen LogP) is 4.23. The van der Waals surface area contributed by atoms with E-state index in [1.54, 1.807) is 0 Å². The van der Waals surface area contributed by atoms with Gasteiger partial charge in [0.1, 0.15) is 0 Å².